The molecule has 0 amide bonds. The highest BCUT2D eigenvalue weighted by atomic mass is 16.2. The van der Waals surface area contributed by atoms with Gasteiger partial charge in [-0.2, -0.15) is 9.78 Å². The first-order valence-corrected chi connectivity index (χ1v) is 5.02. The van der Waals surface area contributed by atoms with E-state index in [-0.39, 0.29) is 5.91 Å². The molecular weight excluding hydrogens is 202 g/mol. The van der Waals surface area contributed by atoms with Crippen LogP contribution in [-0.2, 0) is 0 Å². The second kappa shape index (κ2) is 3.81. The Bertz CT molecular complexity index is 543. The predicted octanol–water partition coefficient (Wildman–Crippen LogP) is 1.77. The van der Waals surface area contributed by atoms with Crippen LogP contribution in [0.15, 0.2) is 30.3 Å². The van der Waals surface area contributed by atoms with Crippen molar-refractivity contribution < 1.29 is 4.79 Å². The third-order valence-electron chi connectivity index (χ3n) is 2.43. The number of rotatable bonds is 1. The molecule has 0 fully saturated rings. The molecule has 0 unspecified atom stereocenters. The molecule has 82 valence electrons. The van der Waals surface area contributed by atoms with Crippen LogP contribution in [0.1, 0.15) is 21.6 Å². The minimum Gasteiger partial charge on any atom is -0.383 e. The Balaban J connectivity index is 2.47. The van der Waals surface area contributed by atoms with Gasteiger partial charge >= 0.3 is 0 Å². The summed E-state index contributed by atoms with van der Waals surface area (Å²) >= 11 is 0. The van der Waals surface area contributed by atoms with Gasteiger partial charge in [0.1, 0.15) is 5.82 Å². The van der Waals surface area contributed by atoms with E-state index in [4.69, 9.17) is 5.73 Å². The molecule has 4 nitrogen and oxygen atoms in total. The summed E-state index contributed by atoms with van der Waals surface area (Å²) in [7, 11) is 0. The Kier molecular flexibility index (Phi) is 2.48. The normalized spacial score (nSPS) is 10.4. The van der Waals surface area contributed by atoms with Gasteiger partial charge in [0.15, 0.2) is 0 Å². The van der Waals surface area contributed by atoms with Gasteiger partial charge in [-0.05, 0) is 25.5 Å². The summed E-state index contributed by atoms with van der Waals surface area (Å²) in [5.74, 6) is 0.175. The lowest BCUT2D eigenvalue weighted by molar-refractivity contribution is 0.0947. The molecule has 1 aromatic carbocycles. The largest absolute Gasteiger partial charge is 0.383 e. The van der Waals surface area contributed by atoms with Crippen molar-refractivity contribution >= 4 is 11.7 Å². The zero-order chi connectivity index (χ0) is 11.7. The SMILES string of the molecule is Cc1cc(N)n(C(=O)c2ccccc2C)n1. The van der Waals surface area contributed by atoms with E-state index in [0.717, 1.165) is 11.3 Å². The van der Waals surface area contributed by atoms with Crippen LogP contribution in [0.25, 0.3) is 0 Å². The number of hydrogen-bond donors (Lipinski definition) is 1. The number of carbonyl (C=O) groups is 1. The first kappa shape index (κ1) is 10.4. The van der Waals surface area contributed by atoms with Gasteiger partial charge in [-0.3, -0.25) is 4.79 Å². The van der Waals surface area contributed by atoms with Gasteiger partial charge < -0.3 is 5.73 Å². The first-order valence-electron chi connectivity index (χ1n) is 5.02. The summed E-state index contributed by atoms with van der Waals surface area (Å²) in [5.41, 5.74) is 7.98. The molecule has 0 atom stereocenters. The van der Waals surface area contributed by atoms with Crippen LogP contribution in [0.5, 0.6) is 0 Å². The van der Waals surface area contributed by atoms with Crippen LogP contribution in [0.4, 0.5) is 5.82 Å². The lowest BCUT2D eigenvalue weighted by atomic mass is 10.1. The van der Waals surface area contributed by atoms with Crippen LogP contribution < -0.4 is 5.73 Å². The number of nitrogens with two attached hydrogens (primary N) is 1. The maximum absolute atomic E-state index is 12.1. The monoisotopic (exact) mass is 215 g/mol. The van der Waals surface area contributed by atoms with Crippen molar-refractivity contribution in [1.82, 2.24) is 9.78 Å². The van der Waals surface area contributed by atoms with Crippen molar-refractivity contribution in [3.8, 4) is 0 Å². The zero-order valence-electron chi connectivity index (χ0n) is 9.27. The molecular formula is C12H13N3O. The Labute approximate surface area is 93.7 Å². The molecule has 0 radical (unpaired) electrons. The summed E-state index contributed by atoms with van der Waals surface area (Å²) in [6.07, 6.45) is 0. The molecule has 0 spiro atoms. The van der Waals surface area contributed by atoms with Crippen LogP contribution in [0.3, 0.4) is 0 Å². The van der Waals surface area contributed by atoms with E-state index in [0.29, 0.717) is 11.4 Å². The summed E-state index contributed by atoms with van der Waals surface area (Å²) in [6, 6.07) is 9.06. The molecule has 16 heavy (non-hydrogen) atoms. The second-order valence-electron chi connectivity index (χ2n) is 3.74. The lowest BCUT2D eigenvalue weighted by Crippen LogP contribution is -2.17. The minimum atomic E-state index is -0.191. The number of hydrogen-bond acceptors (Lipinski definition) is 3. The molecule has 0 aliphatic rings. The number of carbonyl (C=O) groups excluding carboxylic acids is 1. The van der Waals surface area contributed by atoms with Crippen molar-refractivity contribution in [3.05, 3.63) is 47.2 Å². The summed E-state index contributed by atoms with van der Waals surface area (Å²) in [4.78, 5) is 12.1. The van der Waals surface area contributed by atoms with Gasteiger partial charge in [0.25, 0.3) is 5.91 Å². The van der Waals surface area contributed by atoms with Crippen LogP contribution in [0, 0.1) is 13.8 Å². The highest BCUT2D eigenvalue weighted by Gasteiger charge is 2.14. The van der Waals surface area contributed by atoms with Crippen molar-refractivity contribution in [1.29, 1.82) is 0 Å². The molecule has 0 bridgehead atoms. The van der Waals surface area contributed by atoms with Crippen molar-refractivity contribution in [2.75, 3.05) is 5.73 Å². The topological polar surface area (TPSA) is 60.9 Å². The Morgan fingerprint density at radius 3 is 2.56 bits per heavy atom. The zero-order valence-corrected chi connectivity index (χ0v) is 9.27. The highest BCUT2D eigenvalue weighted by molar-refractivity contribution is 5.98. The highest BCUT2D eigenvalue weighted by Crippen LogP contribution is 2.12. The number of benzene rings is 1. The minimum absolute atomic E-state index is 0.191. The van der Waals surface area contributed by atoms with E-state index in [9.17, 15) is 4.79 Å². The van der Waals surface area contributed by atoms with Crippen molar-refractivity contribution in [2.24, 2.45) is 0 Å². The van der Waals surface area contributed by atoms with E-state index in [1.54, 1.807) is 19.1 Å². The molecule has 4 heteroatoms. The third-order valence-corrected chi connectivity index (χ3v) is 2.43. The number of aromatic nitrogens is 2. The first-order chi connectivity index (χ1) is 7.59. The molecule has 1 aromatic heterocycles. The molecule has 0 saturated carbocycles. The molecule has 0 aliphatic carbocycles. The second-order valence-corrected chi connectivity index (χ2v) is 3.74. The van der Waals surface area contributed by atoms with E-state index < -0.39 is 0 Å². The van der Waals surface area contributed by atoms with Gasteiger partial charge in [0.2, 0.25) is 0 Å². The average molecular weight is 215 g/mol. The summed E-state index contributed by atoms with van der Waals surface area (Å²) in [6.45, 7) is 3.69. The standard InChI is InChI=1S/C12H13N3O/c1-8-5-3-4-6-10(8)12(16)15-11(13)7-9(2)14-15/h3-7H,13H2,1-2H3. The number of nitrogens with zero attached hydrogens (tertiary/aromatic N) is 2. The van der Waals surface area contributed by atoms with Crippen LogP contribution >= 0.6 is 0 Å². The Hall–Kier alpha value is -2.10. The molecule has 1 heterocycles. The van der Waals surface area contributed by atoms with E-state index in [2.05, 4.69) is 5.10 Å². The van der Waals surface area contributed by atoms with E-state index >= 15 is 0 Å². The quantitative estimate of drug-likeness (QED) is 0.788. The lowest BCUT2D eigenvalue weighted by Gasteiger charge is -2.05. The van der Waals surface area contributed by atoms with Gasteiger partial charge in [-0.25, -0.2) is 0 Å². The molecule has 0 saturated heterocycles. The smallest absolute Gasteiger partial charge is 0.280 e. The molecule has 0 aliphatic heterocycles. The molecule has 2 rings (SSSR count). The molecule has 2 N–H and O–H groups in total. The number of nitrogen functional groups attached to an aromatic ring is 1. The van der Waals surface area contributed by atoms with Gasteiger partial charge in [-0.1, -0.05) is 18.2 Å². The third kappa shape index (κ3) is 1.69. The fourth-order valence-electron chi connectivity index (χ4n) is 1.61. The Morgan fingerprint density at radius 1 is 1.31 bits per heavy atom. The van der Waals surface area contributed by atoms with Crippen molar-refractivity contribution in [3.63, 3.8) is 0 Å². The van der Waals surface area contributed by atoms with Gasteiger partial charge in [-0.15, -0.1) is 0 Å². The number of aryl methyl sites for hydroxylation is 2. The van der Waals surface area contributed by atoms with E-state index in [1.165, 1.54) is 4.68 Å². The van der Waals surface area contributed by atoms with E-state index in [1.807, 2.05) is 25.1 Å². The van der Waals surface area contributed by atoms with Gasteiger partial charge in [0.05, 0.1) is 5.69 Å². The fraction of sp³-hybridized carbons (Fsp3) is 0.167. The summed E-state index contributed by atoms with van der Waals surface area (Å²) < 4.78 is 1.23. The molecule has 2 aromatic rings. The summed E-state index contributed by atoms with van der Waals surface area (Å²) in [5, 5.41) is 4.07. The number of anilines is 1. The van der Waals surface area contributed by atoms with Crippen LogP contribution in [-0.4, -0.2) is 15.7 Å². The van der Waals surface area contributed by atoms with Crippen LogP contribution in [0.2, 0.25) is 0 Å². The van der Waals surface area contributed by atoms with Crippen molar-refractivity contribution in [2.45, 2.75) is 13.8 Å². The van der Waals surface area contributed by atoms with Gasteiger partial charge in [0, 0.05) is 11.6 Å². The maximum atomic E-state index is 12.1. The predicted molar refractivity (Wildman–Crippen MR) is 62.3 cm³/mol. The average Bonchev–Trinajstić information content (AvgIpc) is 2.58. The fourth-order valence-corrected chi connectivity index (χ4v) is 1.61. The maximum Gasteiger partial charge on any atom is 0.280 e. The Morgan fingerprint density at radius 2 is 2.00 bits per heavy atom.